The highest BCUT2D eigenvalue weighted by Gasteiger charge is 2.02. The van der Waals surface area contributed by atoms with Gasteiger partial charge in [0.1, 0.15) is 0 Å². The van der Waals surface area contributed by atoms with Crippen LogP contribution in [0.5, 0.6) is 0 Å². The molecule has 0 fully saturated rings. The van der Waals surface area contributed by atoms with Crippen LogP contribution in [-0.4, -0.2) is 29.6 Å². The summed E-state index contributed by atoms with van der Waals surface area (Å²) in [4.78, 5) is 11.6. The summed E-state index contributed by atoms with van der Waals surface area (Å²) in [5.41, 5.74) is 1.25. The minimum absolute atomic E-state index is 0.125. The standard InChI is InChI=1S/C17H25N3O/c1-14(2)18-11-8-17(21)19-10-5-12-20-13-9-15-6-3-4-7-16(15)20/h3-4,6-7,9,13-14,18H,5,8,10-12H2,1-2H3,(H,19,21). The van der Waals surface area contributed by atoms with Crippen LogP contribution < -0.4 is 10.6 Å². The molecule has 4 heteroatoms. The average Bonchev–Trinajstić information content (AvgIpc) is 2.86. The topological polar surface area (TPSA) is 46.1 Å². The van der Waals surface area contributed by atoms with Gasteiger partial charge in [-0.15, -0.1) is 0 Å². The van der Waals surface area contributed by atoms with E-state index in [0.29, 0.717) is 12.5 Å². The quantitative estimate of drug-likeness (QED) is 0.733. The third-order valence-electron chi connectivity index (χ3n) is 3.48. The Hall–Kier alpha value is -1.81. The van der Waals surface area contributed by atoms with Gasteiger partial charge in [0.05, 0.1) is 0 Å². The first-order valence-electron chi connectivity index (χ1n) is 7.71. The zero-order valence-corrected chi connectivity index (χ0v) is 12.9. The number of fused-ring (bicyclic) bond motifs is 1. The number of nitrogens with one attached hydrogen (secondary N) is 2. The van der Waals surface area contributed by atoms with E-state index in [1.807, 2.05) is 0 Å². The second kappa shape index (κ2) is 7.84. The molecule has 2 N–H and O–H groups in total. The van der Waals surface area contributed by atoms with E-state index in [0.717, 1.165) is 26.1 Å². The van der Waals surface area contributed by atoms with E-state index in [2.05, 4.69) is 65.6 Å². The van der Waals surface area contributed by atoms with Crippen LogP contribution in [0.2, 0.25) is 0 Å². The Balaban J connectivity index is 1.67. The molecule has 0 atom stereocenters. The summed E-state index contributed by atoms with van der Waals surface area (Å²) in [5.74, 6) is 0.125. The molecule has 21 heavy (non-hydrogen) atoms. The molecule has 1 amide bonds. The van der Waals surface area contributed by atoms with Gasteiger partial charge in [-0.05, 0) is 23.9 Å². The zero-order chi connectivity index (χ0) is 15.1. The van der Waals surface area contributed by atoms with Crippen molar-refractivity contribution >= 4 is 16.8 Å². The molecule has 114 valence electrons. The Morgan fingerprint density at radius 1 is 1.19 bits per heavy atom. The van der Waals surface area contributed by atoms with E-state index in [4.69, 9.17) is 0 Å². The van der Waals surface area contributed by atoms with Gasteiger partial charge in [0.2, 0.25) is 5.91 Å². The van der Waals surface area contributed by atoms with E-state index in [9.17, 15) is 4.79 Å². The Morgan fingerprint density at radius 2 is 2.00 bits per heavy atom. The summed E-state index contributed by atoms with van der Waals surface area (Å²) >= 11 is 0. The molecule has 0 aliphatic rings. The molecular formula is C17H25N3O. The fourth-order valence-corrected chi connectivity index (χ4v) is 2.38. The van der Waals surface area contributed by atoms with Crippen molar-refractivity contribution in [2.24, 2.45) is 0 Å². The second-order valence-electron chi connectivity index (χ2n) is 5.63. The minimum Gasteiger partial charge on any atom is -0.356 e. The summed E-state index contributed by atoms with van der Waals surface area (Å²) < 4.78 is 2.24. The van der Waals surface area contributed by atoms with Gasteiger partial charge in [0, 0.05) is 43.8 Å². The Labute approximate surface area is 126 Å². The van der Waals surface area contributed by atoms with Gasteiger partial charge in [0.25, 0.3) is 0 Å². The van der Waals surface area contributed by atoms with Crippen molar-refractivity contribution in [1.82, 2.24) is 15.2 Å². The SMILES string of the molecule is CC(C)NCCC(=O)NCCCn1ccc2ccccc21. The van der Waals surface area contributed by atoms with Crippen molar-refractivity contribution < 1.29 is 4.79 Å². The number of aromatic nitrogens is 1. The molecule has 1 heterocycles. The smallest absolute Gasteiger partial charge is 0.221 e. The molecule has 0 unspecified atom stereocenters. The average molecular weight is 287 g/mol. The Bertz CT molecular complexity index is 574. The zero-order valence-electron chi connectivity index (χ0n) is 12.9. The summed E-state index contributed by atoms with van der Waals surface area (Å²) in [7, 11) is 0. The minimum atomic E-state index is 0.125. The lowest BCUT2D eigenvalue weighted by atomic mass is 10.2. The van der Waals surface area contributed by atoms with E-state index >= 15 is 0 Å². The van der Waals surface area contributed by atoms with Gasteiger partial charge in [-0.1, -0.05) is 32.0 Å². The van der Waals surface area contributed by atoms with Crippen LogP contribution in [0.3, 0.4) is 0 Å². The van der Waals surface area contributed by atoms with E-state index in [-0.39, 0.29) is 5.91 Å². The molecule has 0 saturated heterocycles. The third kappa shape index (κ3) is 4.90. The van der Waals surface area contributed by atoms with Crippen LogP contribution in [0.15, 0.2) is 36.5 Å². The number of hydrogen-bond acceptors (Lipinski definition) is 2. The second-order valence-corrected chi connectivity index (χ2v) is 5.63. The van der Waals surface area contributed by atoms with Gasteiger partial charge in [-0.25, -0.2) is 0 Å². The number of carbonyl (C=O) groups excluding carboxylic acids is 1. The highest BCUT2D eigenvalue weighted by Crippen LogP contribution is 2.15. The van der Waals surface area contributed by atoms with Gasteiger partial charge in [-0.2, -0.15) is 0 Å². The van der Waals surface area contributed by atoms with Crippen molar-refractivity contribution in [3.8, 4) is 0 Å². The molecule has 0 radical (unpaired) electrons. The Kier molecular flexibility index (Phi) is 5.81. The number of rotatable bonds is 8. The van der Waals surface area contributed by atoms with Crippen molar-refractivity contribution in [2.75, 3.05) is 13.1 Å². The lowest BCUT2D eigenvalue weighted by molar-refractivity contribution is -0.121. The van der Waals surface area contributed by atoms with Crippen LogP contribution in [0, 0.1) is 0 Å². The molecule has 0 spiro atoms. The maximum absolute atomic E-state index is 11.6. The number of hydrogen-bond donors (Lipinski definition) is 2. The van der Waals surface area contributed by atoms with Gasteiger partial charge in [-0.3, -0.25) is 4.79 Å². The molecular weight excluding hydrogens is 262 g/mol. The molecule has 4 nitrogen and oxygen atoms in total. The number of amides is 1. The normalized spacial score (nSPS) is 11.2. The maximum atomic E-state index is 11.6. The monoisotopic (exact) mass is 287 g/mol. The van der Waals surface area contributed by atoms with Crippen molar-refractivity contribution in [1.29, 1.82) is 0 Å². The molecule has 0 bridgehead atoms. The van der Waals surface area contributed by atoms with Gasteiger partial charge >= 0.3 is 0 Å². The lowest BCUT2D eigenvalue weighted by Crippen LogP contribution is -2.31. The first kappa shape index (κ1) is 15.6. The van der Waals surface area contributed by atoms with Gasteiger partial charge < -0.3 is 15.2 Å². The highest BCUT2D eigenvalue weighted by atomic mass is 16.1. The first-order valence-corrected chi connectivity index (χ1v) is 7.71. The molecule has 2 aromatic rings. The summed E-state index contributed by atoms with van der Waals surface area (Å²) in [5, 5.41) is 7.48. The summed E-state index contributed by atoms with van der Waals surface area (Å²) in [6, 6.07) is 10.9. The predicted molar refractivity (Wildman–Crippen MR) is 87.3 cm³/mol. The molecule has 0 aliphatic heterocycles. The molecule has 0 saturated carbocycles. The van der Waals surface area contributed by atoms with Crippen LogP contribution in [0.4, 0.5) is 0 Å². The van der Waals surface area contributed by atoms with E-state index < -0.39 is 0 Å². The molecule has 0 aliphatic carbocycles. The van der Waals surface area contributed by atoms with E-state index in [1.54, 1.807) is 0 Å². The fourth-order valence-electron chi connectivity index (χ4n) is 2.38. The molecule has 1 aromatic carbocycles. The number of nitrogens with zero attached hydrogens (tertiary/aromatic N) is 1. The predicted octanol–water partition coefficient (Wildman–Crippen LogP) is 2.54. The highest BCUT2D eigenvalue weighted by molar-refractivity contribution is 5.79. The van der Waals surface area contributed by atoms with Crippen LogP contribution in [0.1, 0.15) is 26.7 Å². The van der Waals surface area contributed by atoms with Crippen LogP contribution >= 0.6 is 0 Å². The molecule has 1 aromatic heterocycles. The number of para-hydroxylation sites is 1. The van der Waals surface area contributed by atoms with Crippen LogP contribution in [-0.2, 0) is 11.3 Å². The van der Waals surface area contributed by atoms with Crippen molar-refractivity contribution in [3.05, 3.63) is 36.5 Å². The fraction of sp³-hybridized carbons (Fsp3) is 0.471. The number of aryl methyl sites for hydroxylation is 1. The van der Waals surface area contributed by atoms with Gasteiger partial charge in [0.15, 0.2) is 0 Å². The van der Waals surface area contributed by atoms with E-state index in [1.165, 1.54) is 10.9 Å². The maximum Gasteiger partial charge on any atom is 0.221 e. The first-order chi connectivity index (χ1) is 10.2. The number of carbonyl (C=O) groups is 1. The Morgan fingerprint density at radius 3 is 2.81 bits per heavy atom. The molecule has 2 rings (SSSR count). The lowest BCUT2D eigenvalue weighted by Gasteiger charge is -2.09. The largest absolute Gasteiger partial charge is 0.356 e. The van der Waals surface area contributed by atoms with Crippen molar-refractivity contribution in [3.63, 3.8) is 0 Å². The number of benzene rings is 1. The van der Waals surface area contributed by atoms with Crippen LogP contribution in [0.25, 0.3) is 10.9 Å². The summed E-state index contributed by atoms with van der Waals surface area (Å²) in [6.45, 7) is 6.56. The van der Waals surface area contributed by atoms with Crippen molar-refractivity contribution in [2.45, 2.75) is 39.3 Å². The summed E-state index contributed by atoms with van der Waals surface area (Å²) in [6.07, 6.45) is 3.60. The third-order valence-corrected chi connectivity index (χ3v) is 3.48.